The van der Waals surface area contributed by atoms with Gasteiger partial charge in [-0.05, 0) is 53.9 Å². The topological polar surface area (TPSA) is 84.5 Å². The first kappa shape index (κ1) is 25.3. The number of sulfonamides is 1. The van der Waals surface area contributed by atoms with Gasteiger partial charge in [0.2, 0.25) is 15.9 Å². The molecule has 0 aromatic heterocycles. The first-order chi connectivity index (χ1) is 16.1. The van der Waals surface area contributed by atoms with Crippen molar-refractivity contribution in [3.63, 3.8) is 0 Å². The summed E-state index contributed by atoms with van der Waals surface area (Å²) in [5, 5.41) is 2.64. The molecule has 6 nitrogen and oxygen atoms in total. The molecule has 0 unspecified atom stereocenters. The van der Waals surface area contributed by atoms with Crippen LogP contribution in [-0.4, -0.2) is 27.0 Å². The van der Waals surface area contributed by atoms with Gasteiger partial charge in [-0.3, -0.25) is 4.79 Å². The summed E-state index contributed by atoms with van der Waals surface area (Å²) in [6, 6.07) is 22.1. The first-order valence-corrected chi connectivity index (χ1v) is 11.8. The van der Waals surface area contributed by atoms with Crippen LogP contribution < -0.4 is 14.8 Å². The summed E-state index contributed by atoms with van der Waals surface area (Å²) in [7, 11) is -4.30. The molecule has 0 aliphatic carbocycles. The van der Waals surface area contributed by atoms with Gasteiger partial charge in [0.25, 0.3) is 0 Å². The maximum atomic E-state index is 12.2. The molecule has 0 fully saturated rings. The molecule has 0 bridgehead atoms. The van der Waals surface area contributed by atoms with Crippen LogP contribution in [-0.2, 0) is 27.8 Å². The average molecular weight is 493 g/mol. The summed E-state index contributed by atoms with van der Waals surface area (Å²) in [5.41, 5.74) is 2.34. The van der Waals surface area contributed by atoms with Gasteiger partial charge >= 0.3 is 6.18 Å². The second-order valence-corrected chi connectivity index (χ2v) is 9.20. The number of rotatable bonds is 10. The van der Waals surface area contributed by atoms with Crippen molar-refractivity contribution in [1.82, 2.24) is 4.72 Å². The van der Waals surface area contributed by atoms with E-state index in [1.165, 1.54) is 16.9 Å². The fraction of sp³-hybridized carbons (Fsp3) is 0.208. The highest BCUT2D eigenvalue weighted by Gasteiger charge is 2.30. The van der Waals surface area contributed by atoms with E-state index in [-0.39, 0.29) is 17.2 Å². The van der Waals surface area contributed by atoms with Crippen molar-refractivity contribution >= 4 is 21.6 Å². The van der Waals surface area contributed by atoms with E-state index in [1.807, 2.05) is 54.6 Å². The Kier molecular flexibility index (Phi) is 8.30. The van der Waals surface area contributed by atoms with Crippen LogP contribution in [0.4, 0.5) is 18.9 Å². The molecule has 10 heteroatoms. The number of carbonyl (C=O) groups is 1. The number of hydrogen-bond donors (Lipinski definition) is 2. The van der Waals surface area contributed by atoms with Gasteiger partial charge < -0.3 is 10.1 Å². The van der Waals surface area contributed by atoms with Crippen LogP contribution in [0.1, 0.15) is 17.5 Å². The van der Waals surface area contributed by atoms with E-state index in [9.17, 15) is 26.4 Å². The molecule has 3 aromatic rings. The molecule has 3 aromatic carbocycles. The summed E-state index contributed by atoms with van der Waals surface area (Å²) < 4.78 is 67.7. The molecule has 0 aliphatic rings. The molecule has 2 N–H and O–H groups in total. The zero-order valence-electron chi connectivity index (χ0n) is 18.0. The first-order valence-electron chi connectivity index (χ1n) is 10.3. The van der Waals surface area contributed by atoms with E-state index in [0.29, 0.717) is 18.7 Å². The lowest BCUT2D eigenvalue weighted by Gasteiger charge is -2.10. The fourth-order valence-corrected chi connectivity index (χ4v) is 3.97. The van der Waals surface area contributed by atoms with Gasteiger partial charge in [-0.1, -0.05) is 42.5 Å². The van der Waals surface area contributed by atoms with Crippen molar-refractivity contribution in [3.8, 4) is 5.75 Å². The van der Waals surface area contributed by atoms with Crippen molar-refractivity contribution in [1.29, 1.82) is 0 Å². The Morgan fingerprint density at radius 3 is 2.12 bits per heavy atom. The van der Waals surface area contributed by atoms with E-state index < -0.39 is 22.7 Å². The Bertz CT molecular complexity index is 1180. The quantitative estimate of drug-likeness (QED) is 0.431. The Labute approximate surface area is 195 Å². The van der Waals surface area contributed by atoms with E-state index in [1.54, 1.807) is 0 Å². The highest BCUT2D eigenvalue weighted by Crippen LogP contribution is 2.18. The minimum Gasteiger partial charge on any atom is -0.489 e. The molecule has 0 saturated carbocycles. The standard InChI is InChI=1S/C24H23F3N2O4S/c25-24(26,27)17-28-34(31,32)22-13-9-20(10-14-22)29-23(30)15-8-18-6-11-21(12-7-18)33-16-19-4-2-1-3-5-19/h1-7,9-14,28H,8,15-17H2,(H,29,30). The van der Waals surface area contributed by atoms with Gasteiger partial charge in [0.05, 0.1) is 4.90 Å². The van der Waals surface area contributed by atoms with Crippen LogP contribution >= 0.6 is 0 Å². The third-order valence-corrected chi connectivity index (χ3v) is 6.14. The summed E-state index contributed by atoms with van der Waals surface area (Å²) in [6.45, 7) is -1.20. The number of benzene rings is 3. The van der Waals surface area contributed by atoms with Crippen LogP contribution in [0.25, 0.3) is 0 Å². The second-order valence-electron chi connectivity index (χ2n) is 7.43. The molecule has 0 saturated heterocycles. The summed E-state index contributed by atoms with van der Waals surface area (Å²) in [6.07, 6.45) is -3.98. The molecule has 1 amide bonds. The van der Waals surface area contributed by atoms with Crippen molar-refractivity contribution in [2.45, 2.75) is 30.5 Å². The predicted molar refractivity (Wildman–Crippen MR) is 122 cm³/mol. The predicted octanol–water partition coefficient (Wildman–Crippen LogP) is 4.68. The third-order valence-electron chi connectivity index (χ3n) is 4.72. The number of anilines is 1. The molecule has 0 spiro atoms. The average Bonchev–Trinajstić information content (AvgIpc) is 2.81. The number of hydrogen-bond acceptors (Lipinski definition) is 4. The molecule has 0 aliphatic heterocycles. The van der Waals surface area contributed by atoms with Crippen LogP contribution in [0.5, 0.6) is 5.75 Å². The lowest BCUT2D eigenvalue weighted by Crippen LogP contribution is -2.33. The SMILES string of the molecule is O=C(CCc1ccc(OCc2ccccc2)cc1)Nc1ccc(S(=O)(=O)NCC(F)(F)F)cc1. The number of alkyl halides is 3. The van der Waals surface area contributed by atoms with Gasteiger partial charge in [-0.2, -0.15) is 13.2 Å². The Morgan fingerprint density at radius 2 is 1.50 bits per heavy atom. The number of amides is 1. The summed E-state index contributed by atoms with van der Waals surface area (Å²) in [5.74, 6) is 0.437. The molecule has 3 rings (SSSR count). The van der Waals surface area contributed by atoms with E-state index in [0.717, 1.165) is 29.0 Å². The molecule has 0 radical (unpaired) electrons. The van der Waals surface area contributed by atoms with Gasteiger partial charge in [-0.25, -0.2) is 13.1 Å². The zero-order valence-corrected chi connectivity index (χ0v) is 18.8. The van der Waals surface area contributed by atoms with Gasteiger partial charge in [0.1, 0.15) is 18.9 Å². The number of halogens is 3. The fourth-order valence-electron chi connectivity index (χ4n) is 2.95. The van der Waals surface area contributed by atoms with Crippen LogP contribution in [0.15, 0.2) is 83.8 Å². The van der Waals surface area contributed by atoms with Gasteiger partial charge in [-0.15, -0.1) is 0 Å². The lowest BCUT2D eigenvalue weighted by molar-refractivity contribution is -0.121. The van der Waals surface area contributed by atoms with Crippen LogP contribution in [0.2, 0.25) is 0 Å². The molecule has 180 valence electrons. The molecule has 0 atom stereocenters. The Morgan fingerprint density at radius 1 is 0.853 bits per heavy atom. The molecule has 34 heavy (non-hydrogen) atoms. The molecular formula is C24H23F3N2O4S. The zero-order chi connectivity index (χ0) is 24.6. The normalized spacial score (nSPS) is 11.7. The lowest BCUT2D eigenvalue weighted by atomic mass is 10.1. The number of aryl methyl sites for hydroxylation is 1. The highest BCUT2D eigenvalue weighted by atomic mass is 32.2. The maximum Gasteiger partial charge on any atom is 0.402 e. The highest BCUT2D eigenvalue weighted by molar-refractivity contribution is 7.89. The smallest absolute Gasteiger partial charge is 0.402 e. The van der Waals surface area contributed by atoms with Gasteiger partial charge in [0.15, 0.2) is 0 Å². The van der Waals surface area contributed by atoms with Crippen molar-refractivity contribution in [2.24, 2.45) is 0 Å². The van der Waals surface area contributed by atoms with E-state index in [2.05, 4.69) is 5.32 Å². The Hall–Kier alpha value is -3.37. The second kappa shape index (κ2) is 11.2. The monoisotopic (exact) mass is 492 g/mol. The Balaban J connectivity index is 1.45. The minimum absolute atomic E-state index is 0.192. The maximum absolute atomic E-state index is 12.2. The third kappa shape index (κ3) is 8.20. The largest absolute Gasteiger partial charge is 0.489 e. The number of carbonyl (C=O) groups excluding carboxylic acids is 1. The summed E-state index contributed by atoms with van der Waals surface area (Å²) >= 11 is 0. The van der Waals surface area contributed by atoms with Gasteiger partial charge in [0, 0.05) is 12.1 Å². The van der Waals surface area contributed by atoms with Crippen molar-refractivity contribution in [3.05, 3.63) is 90.0 Å². The van der Waals surface area contributed by atoms with Crippen molar-refractivity contribution in [2.75, 3.05) is 11.9 Å². The van der Waals surface area contributed by atoms with E-state index >= 15 is 0 Å². The van der Waals surface area contributed by atoms with Crippen LogP contribution in [0.3, 0.4) is 0 Å². The summed E-state index contributed by atoms with van der Waals surface area (Å²) in [4.78, 5) is 11.9. The minimum atomic E-state index is -4.66. The molecule has 0 heterocycles. The number of ether oxygens (including phenoxy) is 1. The number of nitrogens with one attached hydrogen (secondary N) is 2. The van der Waals surface area contributed by atoms with Crippen molar-refractivity contribution < 1.29 is 31.1 Å². The van der Waals surface area contributed by atoms with Crippen LogP contribution in [0, 0.1) is 0 Å². The van der Waals surface area contributed by atoms with E-state index in [4.69, 9.17) is 4.74 Å². The molecular weight excluding hydrogens is 469 g/mol.